The minimum Gasteiger partial charge on any atom is -0.375 e. The highest BCUT2D eigenvalue weighted by molar-refractivity contribution is 7.19. The fourth-order valence-electron chi connectivity index (χ4n) is 5.10. The third-order valence-corrected chi connectivity index (χ3v) is 8.26. The van der Waals surface area contributed by atoms with Gasteiger partial charge in [-0.05, 0) is 54.3 Å². The first-order valence-electron chi connectivity index (χ1n) is 11.3. The van der Waals surface area contributed by atoms with Crippen LogP contribution in [0.3, 0.4) is 0 Å². The minimum atomic E-state index is -0.0749. The number of ether oxygens (including phenoxy) is 1. The molecule has 2 aromatic heterocycles. The van der Waals surface area contributed by atoms with E-state index in [1.165, 1.54) is 10.5 Å². The van der Waals surface area contributed by atoms with Gasteiger partial charge in [0.2, 0.25) is 11.8 Å². The molecule has 6 nitrogen and oxygen atoms in total. The molecular formula is C25H24ClN3O3S. The Labute approximate surface area is 200 Å². The maximum absolute atomic E-state index is 12.4. The van der Waals surface area contributed by atoms with Gasteiger partial charge in [-0.2, -0.15) is 0 Å². The number of piperidine rings is 1. The summed E-state index contributed by atoms with van der Waals surface area (Å²) in [6, 6.07) is 8.05. The minimum absolute atomic E-state index is 0.0236. The molecule has 1 N–H and O–H groups in total. The van der Waals surface area contributed by atoms with Crippen LogP contribution in [0.1, 0.15) is 22.4 Å². The van der Waals surface area contributed by atoms with E-state index in [2.05, 4.69) is 17.2 Å². The Bertz CT molecular complexity index is 1260. The molecule has 1 saturated carbocycles. The van der Waals surface area contributed by atoms with Gasteiger partial charge in [0.15, 0.2) is 0 Å². The zero-order valence-electron chi connectivity index (χ0n) is 18.3. The van der Waals surface area contributed by atoms with Crippen molar-refractivity contribution in [3.8, 4) is 11.1 Å². The van der Waals surface area contributed by atoms with Gasteiger partial charge in [0, 0.05) is 41.2 Å². The number of benzene rings is 1. The number of nitrogens with one attached hydrogen (secondary N) is 1. The molecule has 3 fully saturated rings. The number of rotatable bonds is 5. The molecule has 6 rings (SSSR count). The third-order valence-electron chi connectivity index (χ3n) is 6.90. The largest absolute Gasteiger partial charge is 0.375 e. The number of hydrogen-bond acceptors (Lipinski definition) is 6. The molecule has 33 heavy (non-hydrogen) atoms. The van der Waals surface area contributed by atoms with Gasteiger partial charge in [-0.15, -0.1) is 11.3 Å². The van der Waals surface area contributed by atoms with Crippen molar-refractivity contribution >= 4 is 45.0 Å². The van der Waals surface area contributed by atoms with Gasteiger partial charge in [-0.25, -0.2) is 0 Å². The molecule has 3 aromatic rings. The quantitative estimate of drug-likeness (QED) is 0.558. The summed E-state index contributed by atoms with van der Waals surface area (Å²) in [5, 5.41) is 4.10. The van der Waals surface area contributed by atoms with E-state index < -0.39 is 0 Å². The number of halogens is 1. The van der Waals surface area contributed by atoms with Gasteiger partial charge in [0.1, 0.15) is 0 Å². The second-order valence-electron chi connectivity index (χ2n) is 9.15. The summed E-state index contributed by atoms with van der Waals surface area (Å²) in [6.45, 7) is 4.85. The first-order valence-corrected chi connectivity index (χ1v) is 12.5. The molecule has 170 valence electrons. The number of carbonyl (C=O) groups is 2. The van der Waals surface area contributed by atoms with E-state index in [0.29, 0.717) is 11.6 Å². The maximum atomic E-state index is 12.4. The van der Waals surface area contributed by atoms with Crippen LogP contribution >= 0.6 is 22.9 Å². The summed E-state index contributed by atoms with van der Waals surface area (Å²) >= 11 is 8.09. The molecule has 2 unspecified atom stereocenters. The molecule has 2 aliphatic heterocycles. The topological polar surface area (TPSA) is 71.5 Å². The number of pyridine rings is 1. The van der Waals surface area contributed by atoms with Crippen LogP contribution in [0.5, 0.6) is 0 Å². The van der Waals surface area contributed by atoms with E-state index in [4.69, 9.17) is 16.3 Å². The van der Waals surface area contributed by atoms with Gasteiger partial charge >= 0.3 is 0 Å². The number of aromatic nitrogens is 1. The number of amides is 2. The molecule has 2 saturated heterocycles. The van der Waals surface area contributed by atoms with Gasteiger partial charge in [-0.3, -0.25) is 19.5 Å². The average Bonchev–Trinajstić information content (AvgIpc) is 3.44. The highest BCUT2D eigenvalue weighted by Gasteiger charge is 2.58. The monoisotopic (exact) mass is 481 g/mol. The van der Waals surface area contributed by atoms with Crippen molar-refractivity contribution < 1.29 is 14.3 Å². The Morgan fingerprint density at radius 2 is 2.03 bits per heavy atom. The first kappa shape index (κ1) is 21.2. The summed E-state index contributed by atoms with van der Waals surface area (Å²) < 4.78 is 7.03. The van der Waals surface area contributed by atoms with Gasteiger partial charge < -0.3 is 10.1 Å². The van der Waals surface area contributed by atoms with Crippen LogP contribution in [0.25, 0.3) is 21.3 Å². The number of thiophene rings is 1. The lowest BCUT2D eigenvalue weighted by Crippen LogP contribution is -2.39. The van der Waals surface area contributed by atoms with E-state index in [0.717, 1.165) is 64.3 Å². The van der Waals surface area contributed by atoms with Gasteiger partial charge in [0.05, 0.1) is 41.3 Å². The normalized spacial score (nSPS) is 24.5. The van der Waals surface area contributed by atoms with Gasteiger partial charge in [-0.1, -0.05) is 11.6 Å². The molecule has 8 heteroatoms. The molecule has 3 aliphatic rings. The van der Waals surface area contributed by atoms with Crippen molar-refractivity contribution in [2.75, 3.05) is 19.7 Å². The molecule has 2 amide bonds. The molecule has 4 heterocycles. The molecular weight excluding hydrogens is 458 g/mol. The number of morpholine rings is 1. The van der Waals surface area contributed by atoms with Crippen LogP contribution in [0.2, 0.25) is 5.02 Å². The van der Waals surface area contributed by atoms with Gasteiger partial charge in [0.25, 0.3) is 0 Å². The van der Waals surface area contributed by atoms with Crippen LogP contribution in [0, 0.1) is 18.8 Å². The molecule has 0 spiro atoms. The molecule has 0 radical (unpaired) electrons. The Morgan fingerprint density at radius 3 is 2.79 bits per heavy atom. The fraction of sp³-hybridized carbons (Fsp3) is 0.400. The number of likely N-dealkylation sites (tertiary alicyclic amines) is 1. The zero-order valence-corrected chi connectivity index (χ0v) is 19.8. The van der Waals surface area contributed by atoms with Crippen LogP contribution in [-0.2, 0) is 27.3 Å². The highest BCUT2D eigenvalue weighted by atomic mass is 35.5. The second-order valence-corrected chi connectivity index (χ2v) is 10.7. The number of carbonyl (C=O) groups excluding carboxylic acids is 2. The zero-order chi connectivity index (χ0) is 22.7. The lowest BCUT2D eigenvalue weighted by atomic mass is 9.92. The summed E-state index contributed by atoms with van der Waals surface area (Å²) in [5.41, 5.74) is 5.39. The summed E-state index contributed by atoms with van der Waals surface area (Å²) in [7, 11) is 0. The van der Waals surface area contributed by atoms with E-state index in [9.17, 15) is 9.59 Å². The smallest absolute Gasteiger partial charge is 0.233 e. The second kappa shape index (κ2) is 8.17. The van der Waals surface area contributed by atoms with Crippen molar-refractivity contribution in [1.82, 2.24) is 15.2 Å². The molecule has 1 aromatic carbocycles. The number of hydrogen-bond donors (Lipinski definition) is 1. The Morgan fingerprint density at radius 1 is 1.21 bits per heavy atom. The Hall–Kier alpha value is -2.32. The summed E-state index contributed by atoms with van der Waals surface area (Å²) in [4.78, 5) is 31.8. The number of imide groups is 1. The number of aryl methyl sites for hydroxylation is 1. The van der Waals surface area contributed by atoms with E-state index in [1.807, 2.05) is 30.5 Å². The molecule has 3 atom stereocenters. The Kier molecular flexibility index (Phi) is 5.25. The van der Waals surface area contributed by atoms with Crippen LogP contribution in [0.4, 0.5) is 0 Å². The van der Waals surface area contributed by atoms with Crippen molar-refractivity contribution in [2.24, 2.45) is 11.8 Å². The SMILES string of the molecule is Cc1cc(Cl)cc(-c2ccnc3cc(CN4C(=O)C5CC5C4=O)sc23)c1C[C@@H]1CNCCO1. The van der Waals surface area contributed by atoms with Crippen molar-refractivity contribution in [3.05, 3.63) is 51.5 Å². The van der Waals surface area contributed by atoms with E-state index in [1.54, 1.807) is 11.3 Å². The molecule has 1 aliphatic carbocycles. The van der Waals surface area contributed by atoms with Crippen molar-refractivity contribution in [1.29, 1.82) is 0 Å². The van der Waals surface area contributed by atoms with E-state index >= 15 is 0 Å². The van der Waals surface area contributed by atoms with Crippen molar-refractivity contribution in [2.45, 2.75) is 32.4 Å². The summed E-state index contributed by atoms with van der Waals surface area (Å²) in [6.07, 6.45) is 3.46. The lowest BCUT2D eigenvalue weighted by Gasteiger charge is -2.25. The number of nitrogens with zero attached hydrogens (tertiary/aromatic N) is 2. The van der Waals surface area contributed by atoms with Crippen LogP contribution < -0.4 is 5.32 Å². The maximum Gasteiger partial charge on any atom is 0.233 e. The average molecular weight is 482 g/mol. The predicted octanol–water partition coefficient (Wildman–Crippen LogP) is 3.96. The fourth-order valence-corrected chi connectivity index (χ4v) is 6.51. The van der Waals surface area contributed by atoms with Crippen molar-refractivity contribution in [3.63, 3.8) is 0 Å². The summed E-state index contributed by atoms with van der Waals surface area (Å²) in [5.74, 6) is -0.197. The third kappa shape index (κ3) is 3.77. The number of fused-ring (bicyclic) bond motifs is 2. The standard InChI is InChI=1S/C25H24ClN3O3S/c1-13-6-14(26)7-19(18(13)8-15-11-27-4-5-32-15)17-2-3-28-22-9-16(33-23(17)22)12-29-24(30)20-10-21(20)25(29)31/h2-3,6-7,9,15,20-21,27H,4-5,8,10-12H2,1H3/t15-,20?,21?/m1/s1. The lowest BCUT2D eigenvalue weighted by molar-refractivity contribution is -0.141. The van der Waals surface area contributed by atoms with Crippen LogP contribution in [-0.4, -0.2) is 47.5 Å². The molecule has 0 bridgehead atoms. The highest BCUT2D eigenvalue weighted by Crippen LogP contribution is 2.48. The first-order chi connectivity index (χ1) is 16.0. The van der Waals surface area contributed by atoms with E-state index in [-0.39, 0.29) is 29.8 Å². The predicted molar refractivity (Wildman–Crippen MR) is 128 cm³/mol. The van der Waals surface area contributed by atoms with Crippen LogP contribution in [0.15, 0.2) is 30.5 Å². The Balaban J connectivity index is 1.38.